The minimum absolute atomic E-state index is 0.0377. The van der Waals surface area contributed by atoms with E-state index in [1.165, 1.54) is 24.5 Å². The van der Waals surface area contributed by atoms with Crippen LogP contribution in [0.1, 0.15) is 18.9 Å². The zero-order valence-electron chi connectivity index (χ0n) is 18.4. The van der Waals surface area contributed by atoms with Gasteiger partial charge in [0.1, 0.15) is 35.2 Å². The third-order valence-corrected chi connectivity index (χ3v) is 5.92. The standard InChI is InChI=1S/C25H23FN6O2/c1-2-21(33)31-13-3-4-18(14-31)32-25-22(24(27)28-15-29-25)23(30-32)16-5-9-19(10-6-16)34-20-11-7-17(26)8-12-20/h2,5-12,15,18H,1,3-4,13-14H2,(H2,27,28,29)/t18-/m0/s1. The van der Waals surface area contributed by atoms with Gasteiger partial charge in [0.05, 0.1) is 11.4 Å². The number of ether oxygens (including phenoxy) is 1. The van der Waals surface area contributed by atoms with E-state index in [1.54, 1.807) is 17.0 Å². The van der Waals surface area contributed by atoms with Crippen molar-refractivity contribution >= 4 is 22.8 Å². The van der Waals surface area contributed by atoms with Crippen molar-refractivity contribution in [2.45, 2.75) is 18.9 Å². The van der Waals surface area contributed by atoms with Gasteiger partial charge in [-0.25, -0.2) is 19.0 Å². The number of nitrogen functional groups attached to an aromatic ring is 1. The summed E-state index contributed by atoms with van der Waals surface area (Å²) >= 11 is 0. The first-order chi connectivity index (χ1) is 16.5. The van der Waals surface area contributed by atoms with E-state index in [0.29, 0.717) is 47.1 Å². The number of carbonyl (C=O) groups excluding carboxylic acids is 1. The lowest BCUT2D eigenvalue weighted by Gasteiger charge is -2.32. The molecule has 0 bridgehead atoms. The molecule has 1 aliphatic rings. The van der Waals surface area contributed by atoms with E-state index in [9.17, 15) is 9.18 Å². The van der Waals surface area contributed by atoms with E-state index < -0.39 is 0 Å². The maximum absolute atomic E-state index is 13.1. The van der Waals surface area contributed by atoms with Gasteiger partial charge in [-0.05, 0) is 67.4 Å². The van der Waals surface area contributed by atoms with Crippen LogP contribution in [0.4, 0.5) is 10.2 Å². The Hall–Kier alpha value is -4.27. The molecule has 1 amide bonds. The zero-order valence-corrected chi connectivity index (χ0v) is 18.4. The second-order valence-corrected chi connectivity index (χ2v) is 8.12. The van der Waals surface area contributed by atoms with Gasteiger partial charge in [-0.15, -0.1) is 0 Å². The number of hydrogen-bond donors (Lipinski definition) is 1. The molecule has 2 aromatic heterocycles. The number of aromatic nitrogens is 4. The second kappa shape index (κ2) is 8.93. The molecule has 0 spiro atoms. The van der Waals surface area contributed by atoms with Crippen molar-refractivity contribution in [1.82, 2.24) is 24.6 Å². The number of nitrogens with two attached hydrogens (primary N) is 1. The predicted octanol–water partition coefficient (Wildman–Crippen LogP) is 4.36. The number of rotatable bonds is 5. The maximum Gasteiger partial charge on any atom is 0.246 e. The van der Waals surface area contributed by atoms with Crippen LogP contribution in [0.15, 0.2) is 67.5 Å². The molecule has 1 atom stereocenters. The molecule has 0 radical (unpaired) electrons. The minimum Gasteiger partial charge on any atom is -0.457 e. The Morgan fingerprint density at radius 2 is 1.82 bits per heavy atom. The molecule has 4 aromatic rings. The Kier molecular flexibility index (Phi) is 5.67. The van der Waals surface area contributed by atoms with Gasteiger partial charge in [-0.3, -0.25) is 4.79 Å². The second-order valence-electron chi connectivity index (χ2n) is 8.12. The topological polar surface area (TPSA) is 99.2 Å². The average molecular weight is 458 g/mol. The molecule has 5 rings (SSSR count). The average Bonchev–Trinajstić information content (AvgIpc) is 3.26. The highest BCUT2D eigenvalue weighted by atomic mass is 19.1. The summed E-state index contributed by atoms with van der Waals surface area (Å²) in [5, 5.41) is 5.54. The number of piperidine rings is 1. The summed E-state index contributed by atoms with van der Waals surface area (Å²) in [4.78, 5) is 22.6. The van der Waals surface area contributed by atoms with Crippen molar-refractivity contribution in [3.63, 3.8) is 0 Å². The number of carbonyl (C=O) groups is 1. The number of halogens is 1. The van der Waals surface area contributed by atoms with Gasteiger partial charge in [0.25, 0.3) is 0 Å². The van der Waals surface area contributed by atoms with E-state index in [0.717, 1.165) is 18.4 Å². The summed E-state index contributed by atoms with van der Waals surface area (Å²) in [5.41, 5.74) is 8.36. The van der Waals surface area contributed by atoms with Gasteiger partial charge >= 0.3 is 0 Å². The fourth-order valence-corrected chi connectivity index (χ4v) is 4.26. The molecule has 34 heavy (non-hydrogen) atoms. The van der Waals surface area contributed by atoms with Gasteiger partial charge in [0.15, 0.2) is 5.65 Å². The maximum atomic E-state index is 13.1. The smallest absolute Gasteiger partial charge is 0.246 e. The molecule has 1 saturated heterocycles. The van der Waals surface area contributed by atoms with E-state index >= 15 is 0 Å². The highest BCUT2D eigenvalue weighted by Gasteiger charge is 2.28. The normalized spacial score (nSPS) is 15.9. The molecule has 0 saturated carbocycles. The SMILES string of the molecule is C=CC(=O)N1CCC[C@H](n2nc(-c3ccc(Oc4ccc(F)cc4)cc3)c3c(N)ncnc32)C1. The summed E-state index contributed by atoms with van der Waals surface area (Å²) < 4.78 is 20.8. The Balaban J connectivity index is 1.48. The molecule has 1 fully saturated rings. The molecule has 9 heteroatoms. The van der Waals surface area contributed by atoms with Crippen molar-refractivity contribution in [1.29, 1.82) is 0 Å². The Labute approximate surface area is 195 Å². The van der Waals surface area contributed by atoms with Crippen molar-refractivity contribution in [3.05, 3.63) is 73.3 Å². The van der Waals surface area contributed by atoms with E-state index in [4.69, 9.17) is 15.6 Å². The summed E-state index contributed by atoms with van der Waals surface area (Å²) in [7, 11) is 0. The van der Waals surface area contributed by atoms with Crippen molar-refractivity contribution < 1.29 is 13.9 Å². The van der Waals surface area contributed by atoms with Crippen molar-refractivity contribution in [2.24, 2.45) is 0 Å². The van der Waals surface area contributed by atoms with Crippen LogP contribution in [0.5, 0.6) is 11.5 Å². The number of hydrogen-bond acceptors (Lipinski definition) is 6. The molecule has 172 valence electrons. The molecule has 8 nitrogen and oxygen atoms in total. The fourth-order valence-electron chi connectivity index (χ4n) is 4.26. The number of benzene rings is 2. The third-order valence-electron chi connectivity index (χ3n) is 5.92. The molecular formula is C25H23FN6O2. The highest BCUT2D eigenvalue weighted by Crippen LogP contribution is 2.34. The van der Waals surface area contributed by atoms with Crippen LogP contribution >= 0.6 is 0 Å². The third kappa shape index (κ3) is 4.07. The number of anilines is 1. The highest BCUT2D eigenvalue weighted by molar-refractivity contribution is 5.98. The molecule has 2 N–H and O–H groups in total. The van der Waals surface area contributed by atoms with Crippen molar-refractivity contribution in [2.75, 3.05) is 18.8 Å². The first-order valence-electron chi connectivity index (χ1n) is 11.0. The molecule has 0 unspecified atom stereocenters. The van der Waals surface area contributed by atoms with Crippen LogP contribution in [-0.4, -0.2) is 43.6 Å². The summed E-state index contributed by atoms with van der Waals surface area (Å²) in [6, 6.07) is 13.2. The lowest BCUT2D eigenvalue weighted by Crippen LogP contribution is -2.40. The number of likely N-dealkylation sites (tertiary alicyclic amines) is 1. The van der Waals surface area contributed by atoms with Crippen LogP contribution in [0.3, 0.4) is 0 Å². The minimum atomic E-state index is -0.320. The van der Waals surface area contributed by atoms with Crippen LogP contribution in [0.2, 0.25) is 0 Å². The van der Waals surface area contributed by atoms with Gasteiger partial charge in [-0.1, -0.05) is 6.58 Å². The first-order valence-corrected chi connectivity index (χ1v) is 11.0. The molecule has 2 aromatic carbocycles. The van der Waals surface area contributed by atoms with Crippen LogP contribution in [0, 0.1) is 5.82 Å². The van der Waals surface area contributed by atoms with Crippen LogP contribution < -0.4 is 10.5 Å². The van der Waals surface area contributed by atoms with E-state index in [1.807, 2.05) is 28.9 Å². The number of fused-ring (bicyclic) bond motifs is 1. The van der Waals surface area contributed by atoms with E-state index in [-0.39, 0.29) is 17.8 Å². The van der Waals surface area contributed by atoms with Crippen molar-refractivity contribution in [3.8, 4) is 22.8 Å². The van der Waals surface area contributed by atoms with Gasteiger partial charge < -0.3 is 15.4 Å². The Morgan fingerprint density at radius 1 is 1.12 bits per heavy atom. The lowest BCUT2D eigenvalue weighted by atomic mass is 10.1. The van der Waals surface area contributed by atoms with E-state index in [2.05, 4.69) is 16.5 Å². The Morgan fingerprint density at radius 3 is 2.53 bits per heavy atom. The quantitative estimate of drug-likeness (QED) is 0.446. The summed E-state index contributed by atoms with van der Waals surface area (Å²) in [6.45, 7) is 4.82. The van der Waals surface area contributed by atoms with Crippen LogP contribution in [-0.2, 0) is 4.79 Å². The summed E-state index contributed by atoms with van der Waals surface area (Å²) in [6.07, 6.45) is 4.49. The molecule has 0 aliphatic carbocycles. The van der Waals surface area contributed by atoms with Gasteiger partial charge in [0.2, 0.25) is 5.91 Å². The fraction of sp³-hybridized carbons (Fsp3) is 0.200. The number of nitrogens with zero attached hydrogens (tertiary/aromatic N) is 5. The van der Waals surface area contributed by atoms with Gasteiger partial charge in [0, 0.05) is 18.7 Å². The molecule has 3 heterocycles. The monoisotopic (exact) mass is 458 g/mol. The summed E-state index contributed by atoms with van der Waals surface area (Å²) in [5.74, 6) is 1.08. The molecular weight excluding hydrogens is 435 g/mol. The Bertz CT molecular complexity index is 1350. The predicted molar refractivity (Wildman–Crippen MR) is 127 cm³/mol. The van der Waals surface area contributed by atoms with Crippen LogP contribution in [0.25, 0.3) is 22.3 Å². The molecule has 1 aliphatic heterocycles. The zero-order chi connectivity index (χ0) is 23.7. The largest absolute Gasteiger partial charge is 0.457 e. The lowest BCUT2D eigenvalue weighted by molar-refractivity contribution is -0.127. The number of amides is 1. The van der Waals surface area contributed by atoms with Gasteiger partial charge in [-0.2, -0.15) is 5.10 Å². The first kappa shape index (κ1) is 21.6.